The van der Waals surface area contributed by atoms with E-state index in [1.165, 1.54) is 16.7 Å². The molecule has 132 valence electrons. The normalized spacial score (nSPS) is 15.7. The van der Waals surface area contributed by atoms with Crippen molar-refractivity contribution in [2.24, 2.45) is 0 Å². The molecule has 1 heterocycles. The van der Waals surface area contributed by atoms with Crippen LogP contribution in [0.1, 0.15) is 31.9 Å². The summed E-state index contributed by atoms with van der Waals surface area (Å²) in [6.45, 7) is 6.11. The third-order valence-electron chi connectivity index (χ3n) is 4.19. The summed E-state index contributed by atoms with van der Waals surface area (Å²) >= 11 is 1.41. The monoisotopic (exact) mass is 364 g/mol. The number of phenols is 1. The highest BCUT2D eigenvalue weighted by Gasteiger charge is 2.29. The summed E-state index contributed by atoms with van der Waals surface area (Å²) in [7, 11) is 0. The Morgan fingerprint density at radius 1 is 1.23 bits per heavy atom. The number of nitrogens with zero attached hydrogens (tertiary/aromatic N) is 2. The molecular formula is C21H20N2O2S. The zero-order valence-electron chi connectivity index (χ0n) is 15.0. The number of aromatic hydroxyl groups is 1. The first-order valence-corrected chi connectivity index (χ1v) is 9.14. The molecule has 0 radical (unpaired) electrons. The van der Waals surface area contributed by atoms with Crippen molar-refractivity contribution in [3.8, 4) is 11.8 Å². The molecule has 0 aliphatic carbocycles. The summed E-state index contributed by atoms with van der Waals surface area (Å²) in [6.07, 6.45) is 1.82. The van der Waals surface area contributed by atoms with Gasteiger partial charge in [0.15, 0.2) is 0 Å². The molecule has 0 bridgehead atoms. The Balaban J connectivity index is 2.05. The SMILES string of the molecule is CC(C)(C)c1cc(/C=C2/Sc3ccccc3N(CC#N)C2=O)ccc1O. The number of carbonyl (C=O) groups is 1. The van der Waals surface area contributed by atoms with Crippen molar-refractivity contribution < 1.29 is 9.90 Å². The second kappa shape index (κ2) is 6.89. The molecule has 1 N–H and O–H groups in total. The lowest BCUT2D eigenvalue weighted by molar-refractivity contribution is -0.114. The van der Waals surface area contributed by atoms with Crippen LogP contribution in [0.2, 0.25) is 0 Å². The van der Waals surface area contributed by atoms with Gasteiger partial charge < -0.3 is 5.11 Å². The topological polar surface area (TPSA) is 64.3 Å². The smallest absolute Gasteiger partial charge is 0.266 e. The fraction of sp³-hybridized carbons (Fsp3) is 0.238. The van der Waals surface area contributed by atoms with E-state index in [1.807, 2.05) is 57.2 Å². The van der Waals surface area contributed by atoms with E-state index in [4.69, 9.17) is 5.26 Å². The van der Waals surface area contributed by atoms with Crippen molar-refractivity contribution in [2.45, 2.75) is 31.1 Å². The first-order chi connectivity index (χ1) is 12.3. The van der Waals surface area contributed by atoms with Gasteiger partial charge in [0, 0.05) is 4.90 Å². The summed E-state index contributed by atoms with van der Waals surface area (Å²) in [5.74, 6) is 0.0689. The van der Waals surface area contributed by atoms with Crippen LogP contribution in [-0.4, -0.2) is 17.6 Å². The van der Waals surface area contributed by atoms with Crippen LogP contribution >= 0.6 is 11.8 Å². The van der Waals surface area contributed by atoms with Crippen LogP contribution in [0.15, 0.2) is 52.3 Å². The lowest BCUT2D eigenvalue weighted by Gasteiger charge is -2.28. The first kappa shape index (κ1) is 18.1. The highest BCUT2D eigenvalue weighted by atomic mass is 32.2. The van der Waals surface area contributed by atoms with Gasteiger partial charge in [-0.3, -0.25) is 9.69 Å². The highest BCUT2D eigenvalue weighted by Crippen LogP contribution is 2.42. The van der Waals surface area contributed by atoms with Gasteiger partial charge in [0.25, 0.3) is 5.91 Å². The maximum absolute atomic E-state index is 12.9. The first-order valence-electron chi connectivity index (χ1n) is 8.32. The van der Waals surface area contributed by atoms with Gasteiger partial charge in [0.05, 0.1) is 16.7 Å². The molecule has 5 heteroatoms. The molecule has 2 aromatic rings. The number of benzene rings is 2. The number of thioether (sulfide) groups is 1. The number of anilines is 1. The van der Waals surface area contributed by atoms with Gasteiger partial charge in [-0.05, 0) is 46.9 Å². The lowest BCUT2D eigenvalue weighted by atomic mass is 9.85. The molecule has 26 heavy (non-hydrogen) atoms. The van der Waals surface area contributed by atoms with E-state index >= 15 is 0 Å². The maximum Gasteiger partial charge on any atom is 0.266 e. The Hall–Kier alpha value is -2.71. The number of carbonyl (C=O) groups excluding carboxylic acids is 1. The Morgan fingerprint density at radius 2 is 1.96 bits per heavy atom. The van der Waals surface area contributed by atoms with Gasteiger partial charge in [0.1, 0.15) is 12.3 Å². The molecule has 4 nitrogen and oxygen atoms in total. The van der Waals surface area contributed by atoms with Crippen LogP contribution in [0.5, 0.6) is 5.75 Å². The quantitative estimate of drug-likeness (QED) is 0.620. The Labute approximate surface area is 157 Å². The van der Waals surface area contributed by atoms with E-state index in [0.717, 1.165) is 21.7 Å². The van der Waals surface area contributed by atoms with Crippen molar-refractivity contribution in [3.05, 3.63) is 58.5 Å². The highest BCUT2D eigenvalue weighted by molar-refractivity contribution is 8.04. The fourth-order valence-corrected chi connectivity index (χ4v) is 3.94. The zero-order valence-corrected chi connectivity index (χ0v) is 15.8. The molecular weight excluding hydrogens is 344 g/mol. The largest absolute Gasteiger partial charge is 0.508 e. The number of amides is 1. The van der Waals surface area contributed by atoms with Crippen molar-refractivity contribution in [3.63, 3.8) is 0 Å². The zero-order chi connectivity index (χ0) is 18.9. The maximum atomic E-state index is 12.9. The molecule has 2 aromatic carbocycles. The van der Waals surface area contributed by atoms with E-state index in [1.54, 1.807) is 12.1 Å². The summed E-state index contributed by atoms with van der Waals surface area (Å²) in [5.41, 5.74) is 2.23. The number of phenolic OH excluding ortho intramolecular Hbond substituents is 1. The minimum atomic E-state index is -0.207. The third-order valence-corrected chi connectivity index (χ3v) is 5.26. The predicted octanol–water partition coefficient (Wildman–Crippen LogP) is 4.69. The molecule has 0 saturated heterocycles. The van der Waals surface area contributed by atoms with Crippen LogP contribution in [0.3, 0.4) is 0 Å². The molecule has 0 spiro atoms. The number of rotatable bonds is 2. The van der Waals surface area contributed by atoms with Crippen LogP contribution < -0.4 is 4.90 Å². The van der Waals surface area contributed by atoms with Crippen molar-refractivity contribution in [1.82, 2.24) is 0 Å². The molecule has 1 aliphatic rings. The van der Waals surface area contributed by atoms with Crippen LogP contribution in [0, 0.1) is 11.3 Å². The minimum absolute atomic E-state index is 0.0105. The number of nitriles is 1. The second-order valence-corrected chi connectivity index (χ2v) is 8.24. The van der Waals surface area contributed by atoms with Crippen molar-refractivity contribution >= 4 is 29.4 Å². The summed E-state index contributed by atoms with van der Waals surface area (Å²) in [6, 6.07) is 15.0. The van der Waals surface area contributed by atoms with E-state index in [-0.39, 0.29) is 23.6 Å². The standard InChI is InChI=1S/C21H20N2O2S/c1-21(2,3)15-12-14(8-9-17(15)24)13-19-20(25)23(11-10-22)16-6-4-5-7-18(16)26-19/h4-9,12-13,24H,11H2,1-3H3/b19-13+. The molecule has 0 atom stereocenters. The van der Waals surface area contributed by atoms with E-state index in [2.05, 4.69) is 6.07 Å². The van der Waals surface area contributed by atoms with Gasteiger partial charge >= 0.3 is 0 Å². The molecule has 0 fully saturated rings. The molecule has 0 saturated carbocycles. The third kappa shape index (κ3) is 3.47. The van der Waals surface area contributed by atoms with Gasteiger partial charge in [-0.15, -0.1) is 0 Å². The lowest BCUT2D eigenvalue weighted by Crippen LogP contribution is -2.34. The van der Waals surface area contributed by atoms with E-state index in [9.17, 15) is 9.90 Å². The predicted molar refractivity (Wildman–Crippen MR) is 105 cm³/mol. The minimum Gasteiger partial charge on any atom is -0.508 e. The van der Waals surface area contributed by atoms with E-state index < -0.39 is 0 Å². The Bertz CT molecular complexity index is 936. The molecule has 1 aliphatic heterocycles. The second-order valence-electron chi connectivity index (χ2n) is 7.15. The van der Waals surface area contributed by atoms with Crippen molar-refractivity contribution in [2.75, 3.05) is 11.4 Å². The van der Waals surface area contributed by atoms with Crippen LogP contribution in [0.25, 0.3) is 6.08 Å². The number of hydrogen-bond donors (Lipinski definition) is 1. The summed E-state index contributed by atoms with van der Waals surface area (Å²) in [4.78, 5) is 15.9. The molecule has 1 amide bonds. The molecule has 0 unspecified atom stereocenters. The van der Waals surface area contributed by atoms with Gasteiger partial charge in [-0.2, -0.15) is 5.26 Å². The molecule has 0 aromatic heterocycles. The van der Waals surface area contributed by atoms with Gasteiger partial charge in [0.2, 0.25) is 0 Å². The fourth-order valence-electron chi connectivity index (χ4n) is 2.89. The Morgan fingerprint density at radius 3 is 2.65 bits per heavy atom. The summed E-state index contributed by atoms with van der Waals surface area (Å²) in [5, 5.41) is 19.2. The van der Waals surface area contributed by atoms with Crippen molar-refractivity contribution in [1.29, 1.82) is 5.26 Å². The van der Waals surface area contributed by atoms with Crippen LogP contribution in [0.4, 0.5) is 5.69 Å². The molecule has 3 rings (SSSR count). The van der Waals surface area contributed by atoms with Crippen LogP contribution in [-0.2, 0) is 10.2 Å². The average molecular weight is 364 g/mol. The van der Waals surface area contributed by atoms with Gasteiger partial charge in [-0.25, -0.2) is 0 Å². The summed E-state index contributed by atoms with van der Waals surface area (Å²) < 4.78 is 0. The average Bonchev–Trinajstić information content (AvgIpc) is 2.59. The Kier molecular flexibility index (Phi) is 4.80. The number of fused-ring (bicyclic) bond motifs is 1. The number of para-hydroxylation sites is 1. The number of hydrogen-bond acceptors (Lipinski definition) is 4. The van der Waals surface area contributed by atoms with E-state index in [0.29, 0.717) is 4.91 Å². The van der Waals surface area contributed by atoms with Gasteiger partial charge in [-0.1, -0.05) is 50.7 Å².